The van der Waals surface area contributed by atoms with Gasteiger partial charge in [0.2, 0.25) is 5.91 Å². The van der Waals surface area contributed by atoms with E-state index in [0.717, 1.165) is 6.42 Å². The van der Waals surface area contributed by atoms with Gasteiger partial charge in [0.25, 0.3) is 0 Å². The maximum Gasteiger partial charge on any atom is 0.241 e. The lowest BCUT2D eigenvalue weighted by atomic mass is 9.99. The molecule has 0 spiro atoms. The van der Waals surface area contributed by atoms with Crippen LogP contribution in [0.15, 0.2) is 18.2 Å². The Balaban J connectivity index is 2.80. The van der Waals surface area contributed by atoms with Crippen molar-refractivity contribution in [2.75, 3.05) is 11.9 Å². The molecule has 1 aromatic rings. The second-order valence-electron chi connectivity index (χ2n) is 4.81. The molecule has 1 amide bonds. The van der Waals surface area contributed by atoms with Crippen LogP contribution in [0.5, 0.6) is 5.75 Å². The van der Waals surface area contributed by atoms with Crippen LogP contribution in [0, 0.1) is 5.92 Å². The molecule has 5 nitrogen and oxygen atoms in total. The van der Waals surface area contributed by atoms with Crippen molar-refractivity contribution in [2.45, 2.75) is 39.8 Å². The zero-order valence-corrected chi connectivity index (χ0v) is 12.3. The van der Waals surface area contributed by atoms with E-state index in [0.29, 0.717) is 23.6 Å². The highest BCUT2D eigenvalue weighted by atomic mass is 16.5. The van der Waals surface area contributed by atoms with Crippen LogP contribution >= 0.6 is 0 Å². The van der Waals surface area contributed by atoms with Gasteiger partial charge >= 0.3 is 0 Å². The molecule has 1 rings (SSSR count). The summed E-state index contributed by atoms with van der Waals surface area (Å²) in [4.78, 5) is 12.0. The normalized spacial score (nSPS) is 13.7. The van der Waals surface area contributed by atoms with Gasteiger partial charge < -0.3 is 20.9 Å². The lowest BCUT2D eigenvalue weighted by molar-refractivity contribution is -0.118. The van der Waals surface area contributed by atoms with Crippen molar-refractivity contribution in [1.29, 1.82) is 0 Å². The van der Waals surface area contributed by atoms with Gasteiger partial charge in [0.05, 0.1) is 19.3 Å². The number of nitrogens with two attached hydrogens (primary N) is 1. The van der Waals surface area contributed by atoms with E-state index in [1.165, 1.54) is 0 Å². The van der Waals surface area contributed by atoms with Gasteiger partial charge in [-0.25, -0.2) is 0 Å². The van der Waals surface area contributed by atoms with E-state index in [4.69, 9.17) is 10.5 Å². The van der Waals surface area contributed by atoms with Crippen molar-refractivity contribution in [2.24, 2.45) is 11.7 Å². The fraction of sp³-hybridized carbons (Fsp3) is 0.533. The molecule has 0 saturated carbocycles. The first kappa shape index (κ1) is 16.5. The molecule has 0 aliphatic rings. The summed E-state index contributed by atoms with van der Waals surface area (Å²) in [5.41, 5.74) is 7.13. The quantitative estimate of drug-likeness (QED) is 0.712. The number of nitrogens with one attached hydrogen (secondary N) is 1. The van der Waals surface area contributed by atoms with Crippen LogP contribution in [0.25, 0.3) is 0 Å². The molecule has 1 aromatic carbocycles. The maximum absolute atomic E-state index is 12.0. The Morgan fingerprint density at radius 3 is 2.70 bits per heavy atom. The van der Waals surface area contributed by atoms with E-state index in [2.05, 4.69) is 5.32 Å². The summed E-state index contributed by atoms with van der Waals surface area (Å²) >= 11 is 0. The smallest absolute Gasteiger partial charge is 0.241 e. The third-order valence-corrected chi connectivity index (χ3v) is 3.36. The van der Waals surface area contributed by atoms with Gasteiger partial charge in [0.15, 0.2) is 0 Å². The molecule has 0 radical (unpaired) electrons. The van der Waals surface area contributed by atoms with Gasteiger partial charge in [-0.2, -0.15) is 0 Å². The van der Waals surface area contributed by atoms with E-state index in [1.807, 2.05) is 20.8 Å². The zero-order chi connectivity index (χ0) is 15.1. The van der Waals surface area contributed by atoms with E-state index < -0.39 is 6.04 Å². The molecule has 5 heteroatoms. The van der Waals surface area contributed by atoms with Crippen LogP contribution in [-0.4, -0.2) is 23.7 Å². The first-order chi connectivity index (χ1) is 9.53. The number of aliphatic hydroxyl groups excluding tert-OH is 1. The lowest BCUT2D eigenvalue weighted by Crippen LogP contribution is -2.40. The first-order valence-electron chi connectivity index (χ1n) is 6.96. The van der Waals surface area contributed by atoms with Gasteiger partial charge in [-0.15, -0.1) is 0 Å². The molecule has 0 saturated heterocycles. The topological polar surface area (TPSA) is 84.6 Å². The fourth-order valence-electron chi connectivity index (χ4n) is 1.82. The number of aliphatic hydroxyl groups is 1. The third kappa shape index (κ3) is 4.21. The largest absolute Gasteiger partial charge is 0.494 e. The average molecular weight is 280 g/mol. The minimum Gasteiger partial charge on any atom is -0.494 e. The van der Waals surface area contributed by atoms with Crippen molar-refractivity contribution in [3.8, 4) is 5.75 Å². The second kappa shape index (κ2) is 7.87. The highest BCUT2D eigenvalue weighted by Crippen LogP contribution is 2.23. The van der Waals surface area contributed by atoms with Crippen LogP contribution < -0.4 is 15.8 Å². The van der Waals surface area contributed by atoms with Crippen molar-refractivity contribution >= 4 is 11.6 Å². The molecule has 20 heavy (non-hydrogen) atoms. The highest BCUT2D eigenvalue weighted by Gasteiger charge is 2.19. The Kier molecular flexibility index (Phi) is 6.48. The summed E-state index contributed by atoms with van der Waals surface area (Å²) < 4.78 is 5.39. The monoisotopic (exact) mass is 280 g/mol. The van der Waals surface area contributed by atoms with E-state index in [1.54, 1.807) is 18.2 Å². The third-order valence-electron chi connectivity index (χ3n) is 3.36. The Labute approximate surface area is 120 Å². The lowest BCUT2D eigenvalue weighted by Gasteiger charge is -2.18. The van der Waals surface area contributed by atoms with Crippen LogP contribution in [0.1, 0.15) is 32.8 Å². The Morgan fingerprint density at radius 1 is 1.45 bits per heavy atom. The van der Waals surface area contributed by atoms with Crippen molar-refractivity contribution < 1.29 is 14.6 Å². The Bertz CT molecular complexity index is 449. The van der Waals surface area contributed by atoms with Gasteiger partial charge in [-0.1, -0.05) is 20.3 Å². The molecule has 0 bridgehead atoms. The Hall–Kier alpha value is -1.59. The van der Waals surface area contributed by atoms with Crippen LogP contribution in [0.2, 0.25) is 0 Å². The standard InChI is InChI=1S/C15H24N2O3/c1-4-10(3)14(16)15(19)17-12-6-7-13(20-5-2)11(8-12)9-18/h6-8,10,14,18H,4-5,9,16H2,1-3H3,(H,17,19)/t10?,14-/m0/s1. The minimum atomic E-state index is -0.538. The van der Waals surface area contributed by atoms with Gasteiger partial charge in [0, 0.05) is 11.3 Å². The molecule has 0 fully saturated rings. The fourth-order valence-corrected chi connectivity index (χ4v) is 1.82. The van der Waals surface area contributed by atoms with E-state index >= 15 is 0 Å². The molecule has 0 aliphatic carbocycles. The molecule has 112 valence electrons. The highest BCUT2D eigenvalue weighted by molar-refractivity contribution is 5.95. The predicted molar refractivity (Wildman–Crippen MR) is 79.6 cm³/mol. The second-order valence-corrected chi connectivity index (χ2v) is 4.81. The number of carbonyl (C=O) groups is 1. The van der Waals surface area contributed by atoms with Gasteiger partial charge in [-0.3, -0.25) is 4.79 Å². The van der Waals surface area contributed by atoms with Gasteiger partial charge in [0.1, 0.15) is 5.75 Å². The number of rotatable bonds is 7. The minimum absolute atomic E-state index is 0.120. The predicted octanol–water partition coefficient (Wildman–Crippen LogP) is 1.89. The van der Waals surface area contributed by atoms with Crippen LogP contribution in [0.3, 0.4) is 0 Å². The molecule has 0 heterocycles. The van der Waals surface area contributed by atoms with Crippen molar-refractivity contribution in [3.63, 3.8) is 0 Å². The first-order valence-corrected chi connectivity index (χ1v) is 6.96. The van der Waals surface area contributed by atoms with E-state index in [9.17, 15) is 9.90 Å². The number of anilines is 1. The molecule has 0 aliphatic heterocycles. The number of hydrogen-bond donors (Lipinski definition) is 3. The molecule has 0 aromatic heterocycles. The van der Waals surface area contributed by atoms with E-state index in [-0.39, 0.29) is 18.4 Å². The summed E-state index contributed by atoms with van der Waals surface area (Å²) in [5.74, 6) is 0.529. The number of carbonyl (C=O) groups excluding carboxylic acids is 1. The number of amides is 1. The summed E-state index contributed by atoms with van der Waals surface area (Å²) in [6.07, 6.45) is 0.847. The number of benzene rings is 1. The summed E-state index contributed by atoms with van der Waals surface area (Å²) in [7, 11) is 0. The van der Waals surface area contributed by atoms with Crippen molar-refractivity contribution in [1.82, 2.24) is 0 Å². The number of hydrogen-bond acceptors (Lipinski definition) is 4. The summed E-state index contributed by atoms with van der Waals surface area (Å²) in [5, 5.41) is 12.1. The van der Waals surface area contributed by atoms with Gasteiger partial charge in [-0.05, 0) is 31.0 Å². The molecule has 1 unspecified atom stereocenters. The molecular formula is C15H24N2O3. The maximum atomic E-state index is 12.0. The zero-order valence-electron chi connectivity index (χ0n) is 12.3. The molecule has 4 N–H and O–H groups in total. The van der Waals surface area contributed by atoms with Crippen LogP contribution in [-0.2, 0) is 11.4 Å². The summed E-state index contributed by atoms with van der Waals surface area (Å²) in [6.45, 7) is 6.20. The molecular weight excluding hydrogens is 256 g/mol. The summed E-state index contributed by atoms with van der Waals surface area (Å²) in [6, 6.07) is 4.64. The van der Waals surface area contributed by atoms with Crippen LogP contribution in [0.4, 0.5) is 5.69 Å². The average Bonchev–Trinajstić information content (AvgIpc) is 2.47. The molecule has 2 atom stereocenters. The number of ether oxygens (including phenoxy) is 1. The SMILES string of the molecule is CCOc1ccc(NC(=O)[C@@H](N)C(C)CC)cc1CO. The Morgan fingerprint density at radius 2 is 2.15 bits per heavy atom. The van der Waals surface area contributed by atoms with Crippen molar-refractivity contribution in [3.05, 3.63) is 23.8 Å².